The Morgan fingerprint density at radius 1 is 1.18 bits per heavy atom. The number of aromatic nitrogens is 2. The molecule has 0 unspecified atom stereocenters. The first-order valence-electron chi connectivity index (χ1n) is 16.3. The van der Waals surface area contributed by atoms with E-state index in [0.29, 0.717) is 43.3 Å². The summed E-state index contributed by atoms with van der Waals surface area (Å²) in [6.45, 7) is 13.4. The van der Waals surface area contributed by atoms with Crippen molar-refractivity contribution in [1.82, 2.24) is 15.3 Å². The van der Waals surface area contributed by atoms with Gasteiger partial charge in [0.1, 0.15) is 11.4 Å². The summed E-state index contributed by atoms with van der Waals surface area (Å²) in [4.78, 5) is 22.0. The Hall–Kier alpha value is -2.77. The first-order chi connectivity index (χ1) is 21.3. The first kappa shape index (κ1) is 35.1. The lowest BCUT2D eigenvalue weighted by molar-refractivity contribution is -0.180. The zero-order valence-corrected chi connectivity index (χ0v) is 28.5. The van der Waals surface area contributed by atoms with Crippen LogP contribution in [0.4, 0.5) is 5.82 Å². The van der Waals surface area contributed by atoms with Gasteiger partial charge in [-0.05, 0) is 111 Å². The molecule has 1 saturated heterocycles. The van der Waals surface area contributed by atoms with Crippen LogP contribution in [-0.4, -0.2) is 65.6 Å². The lowest BCUT2D eigenvalue weighted by Gasteiger charge is -2.33. The molecule has 4 rings (SSSR count). The molecule has 0 spiro atoms. The summed E-state index contributed by atoms with van der Waals surface area (Å²) in [6.07, 6.45) is 8.44. The molecule has 45 heavy (non-hydrogen) atoms. The molecule has 3 heterocycles. The maximum atomic E-state index is 12.5. The normalized spacial score (nSPS) is 21.0. The smallest absolute Gasteiger partial charge is 0.338 e. The Morgan fingerprint density at radius 2 is 1.89 bits per heavy atom. The molecule has 1 saturated carbocycles. The van der Waals surface area contributed by atoms with Gasteiger partial charge < -0.3 is 24.8 Å². The van der Waals surface area contributed by atoms with Crippen LogP contribution >= 0.6 is 11.6 Å². The molecule has 0 radical (unpaired) electrons. The fourth-order valence-corrected chi connectivity index (χ4v) is 6.10. The maximum absolute atomic E-state index is 12.5. The molecular formula is C35H50ClN5O4. The number of hydrogen-bond donors (Lipinski definition) is 2. The van der Waals surface area contributed by atoms with Gasteiger partial charge in [0.2, 0.25) is 0 Å². The third kappa shape index (κ3) is 10.4. The number of anilines is 1. The van der Waals surface area contributed by atoms with Gasteiger partial charge >= 0.3 is 5.97 Å². The molecule has 1 aliphatic carbocycles. The van der Waals surface area contributed by atoms with Crippen LogP contribution in [0.2, 0.25) is 5.02 Å². The Kier molecular flexibility index (Phi) is 11.9. The number of ether oxygens (including phenoxy) is 3. The highest BCUT2D eigenvalue weighted by Gasteiger charge is 2.35. The van der Waals surface area contributed by atoms with Gasteiger partial charge in [0.25, 0.3) is 0 Å². The van der Waals surface area contributed by atoms with E-state index in [-0.39, 0.29) is 12.0 Å². The second-order valence-electron chi connectivity index (χ2n) is 14.2. The minimum absolute atomic E-state index is 0.119. The van der Waals surface area contributed by atoms with Crippen LogP contribution < -0.4 is 10.6 Å². The quantitative estimate of drug-likeness (QED) is 0.243. The number of esters is 1. The summed E-state index contributed by atoms with van der Waals surface area (Å²) in [6, 6.07) is 10.9. The van der Waals surface area contributed by atoms with Crippen molar-refractivity contribution in [2.24, 2.45) is 11.3 Å². The van der Waals surface area contributed by atoms with Gasteiger partial charge in [0.15, 0.2) is 5.60 Å². The van der Waals surface area contributed by atoms with Crippen LogP contribution in [0.3, 0.4) is 0 Å². The molecule has 0 aromatic carbocycles. The van der Waals surface area contributed by atoms with E-state index in [1.165, 1.54) is 0 Å². The fourth-order valence-electron chi connectivity index (χ4n) is 5.90. The topological polar surface area (TPSA) is 118 Å². The van der Waals surface area contributed by atoms with E-state index in [0.717, 1.165) is 67.7 Å². The van der Waals surface area contributed by atoms with Gasteiger partial charge in [-0.3, -0.25) is 4.98 Å². The lowest BCUT2D eigenvalue weighted by atomic mass is 9.82. The van der Waals surface area contributed by atoms with Gasteiger partial charge in [0.05, 0.1) is 28.8 Å². The van der Waals surface area contributed by atoms with Crippen LogP contribution in [0.25, 0.3) is 11.3 Å². The summed E-state index contributed by atoms with van der Waals surface area (Å²) >= 11 is 6.61. The molecule has 0 amide bonds. The molecule has 2 aromatic rings. The van der Waals surface area contributed by atoms with Gasteiger partial charge in [-0.25, -0.2) is 9.78 Å². The largest absolute Gasteiger partial charge is 0.458 e. The number of carbonyl (C=O) groups excluding carboxylic acids is 1. The monoisotopic (exact) mass is 639 g/mol. The molecule has 9 nitrogen and oxygen atoms in total. The van der Waals surface area contributed by atoms with Crippen LogP contribution in [0.5, 0.6) is 0 Å². The highest BCUT2D eigenvalue weighted by molar-refractivity contribution is 6.33. The molecule has 2 aromatic heterocycles. The summed E-state index contributed by atoms with van der Waals surface area (Å²) in [7, 11) is 0. The Bertz CT molecular complexity index is 1320. The fraction of sp³-hybridized carbons (Fsp3) is 0.657. The highest BCUT2D eigenvalue weighted by atomic mass is 35.5. The van der Waals surface area contributed by atoms with Crippen molar-refractivity contribution < 1.29 is 19.0 Å². The molecule has 2 aliphatic rings. The van der Waals surface area contributed by atoms with Crippen molar-refractivity contribution in [2.45, 2.75) is 110 Å². The SMILES string of the molecule is C[C@H](COC(C)(C)C(=O)OC(C)(C)C)NC1CCC(Cc2cc(-c3cccc(NCC4(C#N)CCOCC4)n3)c(Cl)cn2)CC1. The molecule has 1 aliphatic heterocycles. The summed E-state index contributed by atoms with van der Waals surface area (Å²) < 4.78 is 16.9. The molecule has 2 N–H and O–H groups in total. The van der Waals surface area contributed by atoms with Crippen LogP contribution in [0, 0.1) is 22.7 Å². The predicted octanol–water partition coefficient (Wildman–Crippen LogP) is 6.75. The van der Waals surface area contributed by atoms with E-state index in [1.807, 2.05) is 39.0 Å². The minimum Gasteiger partial charge on any atom is -0.458 e. The number of carbonyl (C=O) groups is 1. The Morgan fingerprint density at radius 3 is 2.56 bits per heavy atom. The first-order valence-corrected chi connectivity index (χ1v) is 16.6. The molecule has 10 heteroatoms. The summed E-state index contributed by atoms with van der Waals surface area (Å²) in [5.41, 5.74) is 0.690. The maximum Gasteiger partial charge on any atom is 0.338 e. The van der Waals surface area contributed by atoms with E-state index in [2.05, 4.69) is 34.7 Å². The van der Waals surface area contributed by atoms with Gasteiger partial charge in [-0.2, -0.15) is 5.26 Å². The zero-order chi connectivity index (χ0) is 32.7. The third-order valence-electron chi connectivity index (χ3n) is 8.68. The molecule has 2 fully saturated rings. The van der Waals surface area contributed by atoms with E-state index >= 15 is 0 Å². The van der Waals surface area contributed by atoms with Gasteiger partial charge in [-0.1, -0.05) is 17.7 Å². The predicted molar refractivity (Wildman–Crippen MR) is 177 cm³/mol. The Balaban J connectivity index is 1.27. The number of nitrogens with zero attached hydrogens (tertiary/aromatic N) is 3. The standard InChI is InChI=1S/C35H50ClN5O4/c1-24(21-44-34(5,6)32(42)45-33(2,3)4)40-26-12-10-25(11-13-26)18-27-19-28(29(36)20-38-27)30-8-7-9-31(41-30)39-23-35(22-37)14-16-43-17-15-35/h7-9,19-20,24-26,40H,10-18,21,23H2,1-6H3,(H,39,41)/t24-,25?,26?/m1/s1. The van der Waals surface area contributed by atoms with Crippen LogP contribution in [0.15, 0.2) is 30.5 Å². The number of hydrogen-bond acceptors (Lipinski definition) is 9. The van der Waals surface area contributed by atoms with E-state index < -0.39 is 16.6 Å². The van der Waals surface area contributed by atoms with Crippen LogP contribution in [-0.2, 0) is 25.4 Å². The second kappa shape index (κ2) is 15.2. The zero-order valence-electron chi connectivity index (χ0n) is 27.7. The molecule has 246 valence electrons. The number of nitrogens with one attached hydrogen (secondary N) is 2. The van der Waals surface area contributed by atoms with Crippen molar-refractivity contribution in [2.75, 3.05) is 31.7 Å². The highest BCUT2D eigenvalue weighted by Crippen LogP contribution is 2.33. The Labute approximate surface area is 273 Å². The van der Waals surface area contributed by atoms with Crippen molar-refractivity contribution in [1.29, 1.82) is 5.26 Å². The van der Waals surface area contributed by atoms with Crippen LogP contribution in [0.1, 0.15) is 85.8 Å². The van der Waals surface area contributed by atoms with E-state index in [9.17, 15) is 10.1 Å². The van der Waals surface area contributed by atoms with E-state index in [1.54, 1.807) is 20.0 Å². The van der Waals surface area contributed by atoms with Crippen molar-refractivity contribution in [3.63, 3.8) is 0 Å². The average Bonchev–Trinajstić information content (AvgIpc) is 3.01. The van der Waals surface area contributed by atoms with Crippen molar-refractivity contribution >= 4 is 23.4 Å². The van der Waals surface area contributed by atoms with Crippen molar-refractivity contribution in [3.05, 3.63) is 41.2 Å². The van der Waals surface area contributed by atoms with E-state index in [4.69, 9.17) is 30.8 Å². The number of halogens is 1. The third-order valence-corrected chi connectivity index (χ3v) is 8.98. The van der Waals surface area contributed by atoms with Crippen molar-refractivity contribution in [3.8, 4) is 17.3 Å². The lowest BCUT2D eigenvalue weighted by Crippen LogP contribution is -2.46. The second-order valence-corrected chi connectivity index (χ2v) is 14.6. The minimum atomic E-state index is -0.996. The number of rotatable bonds is 12. The summed E-state index contributed by atoms with van der Waals surface area (Å²) in [5, 5.41) is 17.4. The van der Waals surface area contributed by atoms with Gasteiger partial charge in [0, 0.05) is 49.3 Å². The van der Waals surface area contributed by atoms with Gasteiger partial charge in [-0.15, -0.1) is 0 Å². The molecule has 0 bridgehead atoms. The summed E-state index contributed by atoms with van der Waals surface area (Å²) in [5.74, 6) is 0.924. The number of pyridine rings is 2. The molecule has 1 atom stereocenters. The average molecular weight is 640 g/mol. The number of nitriles is 1. The molecular weight excluding hydrogens is 590 g/mol.